The van der Waals surface area contributed by atoms with Crippen LogP contribution in [0.4, 0.5) is 17.3 Å². The van der Waals surface area contributed by atoms with Gasteiger partial charge in [0.2, 0.25) is 0 Å². The molecule has 0 fully saturated rings. The number of aryl methyl sites for hydroxylation is 2. The van der Waals surface area contributed by atoms with Gasteiger partial charge in [-0.2, -0.15) is 0 Å². The monoisotopic (exact) mass is 246 g/mol. The molecule has 2 aromatic rings. The largest absolute Gasteiger partial charge is 0.421 e. The van der Waals surface area contributed by atoms with Crippen LogP contribution in [0.25, 0.3) is 0 Å². The summed E-state index contributed by atoms with van der Waals surface area (Å²) in [6.07, 6.45) is 3.86. The van der Waals surface area contributed by atoms with Gasteiger partial charge in [0.15, 0.2) is 0 Å². The normalized spacial score (nSPS) is 10.2. The Labute approximate surface area is 108 Å². The lowest BCUT2D eigenvalue weighted by Gasteiger charge is -1.91. The maximum absolute atomic E-state index is 5.59. The van der Waals surface area contributed by atoms with Crippen molar-refractivity contribution in [1.82, 2.24) is 4.57 Å². The number of anilines is 1. The van der Waals surface area contributed by atoms with E-state index >= 15 is 0 Å². The third kappa shape index (κ3) is 3.41. The van der Waals surface area contributed by atoms with Gasteiger partial charge in [0.25, 0.3) is 0 Å². The van der Waals surface area contributed by atoms with E-state index in [-0.39, 0.29) is 0 Å². The lowest BCUT2D eigenvalue weighted by atomic mass is 10.3. The van der Waals surface area contributed by atoms with E-state index in [0.717, 1.165) is 17.3 Å². The third-order valence-electron chi connectivity index (χ3n) is 2.29. The van der Waals surface area contributed by atoms with Crippen molar-refractivity contribution in [3.05, 3.63) is 36.7 Å². The number of aromatic nitrogens is 2. The van der Waals surface area contributed by atoms with Crippen molar-refractivity contribution in [3.8, 4) is 0 Å². The molecule has 0 amide bonds. The number of rotatable bonds is 2. The molecule has 2 rings (SSSR count). The highest BCUT2D eigenvalue weighted by Gasteiger charge is 2.09. The number of hydrogen-bond donors (Lipinski definition) is 1. The number of azo groups is 1. The SMILES string of the molecule is CC.Cn1cc[n+](C)c1N=Nc1ccc(N)cc1. The molecule has 1 heterocycles. The van der Waals surface area contributed by atoms with Gasteiger partial charge in [-0.15, -0.1) is 0 Å². The van der Waals surface area contributed by atoms with Gasteiger partial charge >= 0.3 is 5.95 Å². The molecule has 0 unspecified atom stereocenters. The van der Waals surface area contributed by atoms with Crippen LogP contribution in [0.3, 0.4) is 0 Å². The first-order valence-electron chi connectivity index (χ1n) is 5.95. The van der Waals surface area contributed by atoms with Gasteiger partial charge in [-0.25, -0.2) is 9.13 Å². The molecule has 1 aromatic heterocycles. The molecular weight excluding hydrogens is 226 g/mol. The van der Waals surface area contributed by atoms with E-state index in [9.17, 15) is 0 Å². The summed E-state index contributed by atoms with van der Waals surface area (Å²) in [4.78, 5) is 0. The summed E-state index contributed by atoms with van der Waals surface area (Å²) >= 11 is 0. The molecule has 0 aliphatic carbocycles. The zero-order valence-electron chi connectivity index (χ0n) is 11.3. The van der Waals surface area contributed by atoms with E-state index in [4.69, 9.17) is 5.73 Å². The first-order chi connectivity index (χ1) is 8.66. The number of nitrogens with zero attached hydrogens (tertiary/aromatic N) is 4. The number of nitrogen functional groups attached to an aromatic ring is 1. The molecule has 2 N–H and O–H groups in total. The van der Waals surface area contributed by atoms with Crippen molar-refractivity contribution in [2.24, 2.45) is 24.3 Å². The molecule has 96 valence electrons. The summed E-state index contributed by atoms with van der Waals surface area (Å²) in [7, 11) is 3.86. The molecule has 0 spiro atoms. The van der Waals surface area contributed by atoms with Crippen molar-refractivity contribution in [2.45, 2.75) is 13.8 Å². The van der Waals surface area contributed by atoms with E-state index in [2.05, 4.69) is 10.2 Å². The molecule has 1 aromatic carbocycles. The van der Waals surface area contributed by atoms with Crippen molar-refractivity contribution < 1.29 is 4.57 Å². The van der Waals surface area contributed by atoms with Crippen LogP contribution in [0.15, 0.2) is 46.9 Å². The van der Waals surface area contributed by atoms with Crippen LogP contribution >= 0.6 is 0 Å². The zero-order chi connectivity index (χ0) is 13.5. The number of hydrogen-bond acceptors (Lipinski definition) is 3. The van der Waals surface area contributed by atoms with E-state index in [1.54, 1.807) is 12.1 Å². The molecule has 5 heteroatoms. The minimum absolute atomic E-state index is 0.725. The van der Waals surface area contributed by atoms with Gasteiger partial charge in [-0.3, -0.25) is 0 Å². The summed E-state index contributed by atoms with van der Waals surface area (Å²) < 4.78 is 3.81. The molecule has 0 atom stereocenters. The molecule has 0 bridgehead atoms. The Morgan fingerprint density at radius 2 is 1.72 bits per heavy atom. The van der Waals surface area contributed by atoms with E-state index in [1.165, 1.54) is 0 Å². The van der Waals surface area contributed by atoms with Crippen LogP contribution < -0.4 is 10.3 Å². The quantitative estimate of drug-likeness (QED) is 0.494. The first kappa shape index (κ1) is 13.9. The van der Waals surface area contributed by atoms with Crippen molar-refractivity contribution in [1.29, 1.82) is 0 Å². The van der Waals surface area contributed by atoms with E-state index in [1.807, 2.05) is 61.6 Å². The maximum atomic E-state index is 5.59. The highest BCUT2D eigenvalue weighted by molar-refractivity contribution is 5.47. The van der Waals surface area contributed by atoms with Gasteiger partial charge in [0.1, 0.15) is 5.69 Å². The summed E-state index contributed by atoms with van der Waals surface area (Å²) in [5.41, 5.74) is 7.10. The van der Waals surface area contributed by atoms with Crippen molar-refractivity contribution in [2.75, 3.05) is 5.73 Å². The molecule has 0 aliphatic heterocycles. The second-order valence-corrected chi connectivity index (χ2v) is 3.61. The Kier molecular flexibility index (Phi) is 5.05. The fourth-order valence-corrected chi connectivity index (χ4v) is 1.37. The summed E-state index contributed by atoms with van der Waals surface area (Å²) in [6, 6.07) is 7.28. The van der Waals surface area contributed by atoms with Gasteiger partial charge in [-0.05, 0) is 24.3 Å². The predicted octanol–water partition coefficient (Wildman–Crippen LogP) is 2.87. The second-order valence-electron chi connectivity index (χ2n) is 3.61. The molecule has 18 heavy (non-hydrogen) atoms. The van der Waals surface area contributed by atoms with Crippen molar-refractivity contribution in [3.63, 3.8) is 0 Å². The number of nitrogens with two attached hydrogens (primary N) is 1. The van der Waals surface area contributed by atoms with Crippen LogP contribution in [0.1, 0.15) is 13.8 Å². The molecule has 0 saturated carbocycles. The van der Waals surface area contributed by atoms with Gasteiger partial charge in [0.05, 0.1) is 26.5 Å². The molecule has 0 radical (unpaired) electrons. The minimum atomic E-state index is 0.725. The fraction of sp³-hybridized carbons (Fsp3) is 0.308. The second kappa shape index (κ2) is 6.54. The standard InChI is InChI=1S/C11H13N5.C2H6/c1-15-7-8-16(2)11(15)14-13-10-5-3-9(12)4-6-10;1-2/h3-8,12H,1-2H3;1-2H3/p+1. The Morgan fingerprint density at radius 3 is 2.22 bits per heavy atom. The maximum Gasteiger partial charge on any atom is 0.421 e. The first-order valence-corrected chi connectivity index (χ1v) is 5.95. The predicted molar refractivity (Wildman–Crippen MR) is 73.0 cm³/mol. The minimum Gasteiger partial charge on any atom is -0.399 e. The van der Waals surface area contributed by atoms with Crippen molar-refractivity contribution >= 4 is 17.3 Å². The average Bonchev–Trinajstić information content (AvgIpc) is 2.71. The third-order valence-corrected chi connectivity index (χ3v) is 2.29. The van der Waals surface area contributed by atoms with Gasteiger partial charge in [-0.1, -0.05) is 19.0 Å². The summed E-state index contributed by atoms with van der Waals surface area (Å²) in [5, 5.41) is 8.31. The Hall–Kier alpha value is -2.17. The summed E-state index contributed by atoms with van der Waals surface area (Å²) in [5.74, 6) is 0.789. The van der Waals surface area contributed by atoms with Crippen LogP contribution in [0.2, 0.25) is 0 Å². The Balaban J connectivity index is 0.000000771. The molecular formula is C13H20N5+. The fourth-order valence-electron chi connectivity index (χ4n) is 1.37. The topological polar surface area (TPSA) is 59.5 Å². The molecule has 0 aliphatic rings. The van der Waals surface area contributed by atoms with E-state index < -0.39 is 0 Å². The average molecular weight is 246 g/mol. The lowest BCUT2D eigenvalue weighted by Crippen LogP contribution is -2.25. The lowest BCUT2D eigenvalue weighted by molar-refractivity contribution is -0.657. The van der Waals surface area contributed by atoms with Crippen LogP contribution in [-0.2, 0) is 14.1 Å². The van der Waals surface area contributed by atoms with Crippen LogP contribution in [0, 0.1) is 0 Å². The smallest absolute Gasteiger partial charge is 0.399 e. The summed E-state index contributed by atoms with van der Waals surface area (Å²) in [6.45, 7) is 4.00. The van der Waals surface area contributed by atoms with Crippen LogP contribution in [-0.4, -0.2) is 4.57 Å². The van der Waals surface area contributed by atoms with Gasteiger partial charge < -0.3 is 5.73 Å². The highest BCUT2D eigenvalue weighted by Crippen LogP contribution is 2.16. The number of imidazole rings is 1. The Bertz CT molecular complexity index is 491. The zero-order valence-corrected chi connectivity index (χ0v) is 11.3. The van der Waals surface area contributed by atoms with Crippen LogP contribution in [0.5, 0.6) is 0 Å². The Morgan fingerprint density at radius 1 is 1.11 bits per heavy atom. The van der Waals surface area contributed by atoms with Gasteiger partial charge in [0, 0.05) is 10.8 Å². The molecule has 5 nitrogen and oxygen atoms in total. The van der Waals surface area contributed by atoms with E-state index in [0.29, 0.717) is 0 Å². The molecule has 0 saturated heterocycles. The highest BCUT2D eigenvalue weighted by atomic mass is 15.3. The number of benzene rings is 1.